The summed E-state index contributed by atoms with van der Waals surface area (Å²) < 4.78 is 7.31. The van der Waals surface area contributed by atoms with E-state index in [9.17, 15) is 4.79 Å². The SMILES string of the molecule is O=C(CSc1nnc(-c2ccco2)n1-c1ccc(Cl)cc1)Nc1cccc(Cl)c1. The largest absolute Gasteiger partial charge is 0.461 e. The third kappa shape index (κ3) is 4.64. The fraction of sp³-hybridized carbons (Fsp3) is 0.0500. The van der Waals surface area contributed by atoms with Gasteiger partial charge in [0, 0.05) is 21.4 Å². The first kappa shape index (κ1) is 19.6. The van der Waals surface area contributed by atoms with Gasteiger partial charge in [-0.15, -0.1) is 10.2 Å². The molecule has 2 aromatic carbocycles. The van der Waals surface area contributed by atoms with Crippen molar-refractivity contribution in [1.29, 1.82) is 0 Å². The summed E-state index contributed by atoms with van der Waals surface area (Å²) in [6, 6.07) is 17.8. The fourth-order valence-corrected chi connectivity index (χ4v) is 3.71. The van der Waals surface area contributed by atoms with Gasteiger partial charge in [0.15, 0.2) is 10.9 Å². The lowest BCUT2D eigenvalue weighted by atomic mass is 10.3. The Morgan fingerprint density at radius 3 is 2.59 bits per heavy atom. The van der Waals surface area contributed by atoms with Gasteiger partial charge in [0.1, 0.15) is 0 Å². The Labute approximate surface area is 180 Å². The molecule has 4 aromatic rings. The second-order valence-corrected chi connectivity index (χ2v) is 7.76. The molecular formula is C20H14Cl2N4O2S. The average molecular weight is 445 g/mol. The predicted molar refractivity (Wildman–Crippen MR) is 115 cm³/mol. The summed E-state index contributed by atoms with van der Waals surface area (Å²) in [6.07, 6.45) is 1.57. The van der Waals surface area contributed by atoms with Gasteiger partial charge in [-0.25, -0.2) is 0 Å². The number of carbonyl (C=O) groups excluding carboxylic acids is 1. The second kappa shape index (κ2) is 8.73. The highest BCUT2D eigenvalue weighted by Gasteiger charge is 2.19. The van der Waals surface area contributed by atoms with Crippen LogP contribution in [0.25, 0.3) is 17.3 Å². The molecule has 1 N–H and O–H groups in total. The van der Waals surface area contributed by atoms with Gasteiger partial charge in [0.05, 0.1) is 12.0 Å². The zero-order chi connectivity index (χ0) is 20.2. The number of amides is 1. The molecule has 0 radical (unpaired) electrons. The number of carbonyl (C=O) groups is 1. The van der Waals surface area contributed by atoms with Crippen LogP contribution in [-0.4, -0.2) is 26.4 Å². The number of hydrogen-bond donors (Lipinski definition) is 1. The summed E-state index contributed by atoms with van der Waals surface area (Å²) in [6.45, 7) is 0. The van der Waals surface area contributed by atoms with Crippen molar-refractivity contribution in [2.24, 2.45) is 0 Å². The van der Waals surface area contributed by atoms with Crippen LogP contribution in [0, 0.1) is 0 Å². The molecule has 0 saturated heterocycles. The van der Waals surface area contributed by atoms with E-state index in [2.05, 4.69) is 15.5 Å². The summed E-state index contributed by atoms with van der Waals surface area (Å²) in [4.78, 5) is 12.4. The molecule has 0 spiro atoms. The molecule has 1 amide bonds. The molecule has 0 aliphatic carbocycles. The molecule has 0 aliphatic heterocycles. The predicted octanol–water partition coefficient (Wildman–Crippen LogP) is 5.56. The van der Waals surface area contributed by atoms with Gasteiger partial charge in [-0.1, -0.05) is 41.0 Å². The molecular weight excluding hydrogens is 431 g/mol. The lowest BCUT2D eigenvalue weighted by molar-refractivity contribution is -0.113. The first-order chi connectivity index (χ1) is 14.1. The number of thioether (sulfide) groups is 1. The van der Waals surface area contributed by atoms with Gasteiger partial charge < -0.3 is 9.73 Å². The average Bonchev–Trinajstić information content (AvgIpc) is 3.37. The van der Waals surface area contributed by atoms with Gasteiger partial charge in [-0.2, -0.15) is 0 Å². The molecule has 2 heterocycles. The quantitative estimate of drug-likeness (QED) is 0.393. The molecule has 0 saturated carbocycles. The Kier molecular flexibility index (Phi) is 5.89. The number of anilines is 1. The lowest BCUT2D eigenvalue weighted by Gasteiger charge is -2.09. The van der Waals surface area contributed by atoms with Gasteiger partial charge in [0.25, 0.3) is 0 Å². The van der Waals surface area contributed by atoms with E-state index >= 15 is 0 Å². The summed E-state index contributed by atoms with van der Waals surface area (Å²) in [5, 5.41) is 13.0. The molecule has 2 aromatic heterocycles. The number of rotatable bonds is 6. The van der Waals surface area contributed by atoms with E-state index in [1.54, 1.807) is 54.8 Å². The van der Waals surface area contributed by atoms with Crippen LogP contribution in [0.5, 0.6) is 0 Å². The van der Waals surface area contributed by atoms with Crippen molar-refractivity contribution in [1.82, 2.24) is 14.8 Å². The molecule has 29 heavy (non-hydrogen) atoms. The number of benzene rings is 2. The van der Waals surface area contributed by atoms with Gasteiger partial charge in [0.2, 0.25) is 11.7 Å². The maximum absolute atomic E-state index is 12.4. The van der Waals surface area contributed by atoms with E-state index in [0.29, 0.717) is 32.5 Å². The normalized spacial score (nSPS) is 10.8. The number of aromatic nitrogens is 3. The molecule has 4 rings (SSSR count). The number of nitrogens with zero attached hydrogens (tertiary/aromatic N) is 3. The maximum atomic E-state index is 12.4. The van der Waals surface area contributed by atoms with Crippen molar-refractivity contribution < 1.29 is 9.21 Å². The van der Waals surface area contributed by atoms with E-state index in [1.165, 1.54) is 11.8 Å². The van der Waals surface area contributed by atoms with Crippen molar-refractivity contribution >= 4 is 46.6 Å². The Morgan fingerprint density at radius 2 is 1.86 bits per heavy atom. The molecule has 0 bridgehead atoms. The molecule has 0 aliphatic rings. The van der Waals surface area contributed by atoms with Crippen LogP contribution in [0.3, 0.4) is 0 Å². The van der Waals surface area contributed by atoms with Crippen LogP contribution < -0.4 is 5.32 Å². The highest BCUT2D eigenvalue weighted by Crippen LogP contribution is 2.29. The van der Waals surface area contributed by atoms with Crippen LogP contribution in [0.1, 0.15) is 0 Å². The first-order valence-corrected chi connectivity index (χ1v) is 10.3. The monoisotopic (exact) mass is 444 g/mol. The Morgan fingerprint density at radius 1 is 1.03 bits per heavy atom. The lowest BCUT2D eigenvalue weighted by Crippen LogP contribution is -2.14. The second-order valence-electron chi connectivity index (χ2n) is 5.94. The Balaban J connectivity index is 1.57. The van der Waals surface area contributed by atoms with E-state index in [4.69, 9.17) is 27.6 Å². The molecule has 9 heteroatoms. The van der Waals surface area contributed by atoms with Gasteiger partial charge in [-0.3, -0.25) is 9.36 Å². The fourth-order valence-electron chi connectivity index (χ4n) is 2.65. The van der Waals surface area contributed by atoms with Gasteiger partial charge in [-0.05, 0) is 54.6 Å². The van der Waals surface area contributed by atoms with Crippen LogP contribution >= 0.6 is 35.0 Å². The number of hydrogen-bond acceptors (Lipinski definition) is 5. The minimum Gasteiger partial charge on any atom is -0.461 e. The third-order valence-corrected chi connectivity index (χ3v) is 5.32. The van der Waals surface area contributed by atoms with Crippen molar-refractivity contribution in [2.75, 3.05) is 11.1 Å². The standard InChI is InChI=1S/C20H14Cl2N4O2S/c21-13-6-8-16(9-7-13)26-19(17-5-2-10-28-17)24-25-20(26)29-12-18(27)23-15-4-1-3-14(22)11-15/h1-11H,12H2,(H,23,27). The molecule has 6 nitrogen and oxygen atoms in total. The molecule has 0 fully saturated rings. The zero-order valence-corrected chi connectivity index (χ0v) is 17.2. The van der Waals surface area contributed by atoms with Crippen LogP contribution in [0.15, 0.2) is 76.5 Å². The van der Waals surface area contributed by atoms with Crippen molar-refractivity contribution in [3.8, 4) is 17.3 Å². The summed E-state index contributed by atoms with van der Waals surface area (Å²) in [7, 11) is 0. The van der Waals surface area contributed by atoms with Crippen molar-refractivity contribution in [2.45, 2.75) is 5.16 Å². The first-order valence-electron chi connectivity index (χ1n) is 8.53. The topological polar surface area (TPSA) is 73.0 Å². The zero-order valence-electron chi connectivity index (χ0n) is 14.9. The van der Waals surface area contributed by atoms with E-state index < -0.39 is 0 Å². The Hall–Kier alpha value is -2.74. The van der Waals surface area contributed by atoms with Crippen molar-refractivity contribution in [3.63, 3.8) is 0 Å². The van der Waals surface area contributed by atoms with Crippen LogP contribution in [0.2, 0.25) is 10.0 Å². The van der Waals surface area contributed by atoms with E-state index in [-0.39, 0.29) is 11.7 Å². The molecule has 146 valence electrons. The number of nitrogens with one attached hydrogen (secondary N) is 1. The highest BCUT2D eigenvalue weighted by atomic mass is 35.5. The third-order valence-electron chi connectivity index (χ3n) is 3.90. The number of halogens is 2. The number of furan rings is 1. The van der Waals surface area contributed by atoms with Gasteiger partial charge >= 0.3 is 0 Å². The minimum absolute atomic E-state index is 0.149. The Bertz CT molecular complexity index is 1130. The minimum atomic E-state index is -0.178. The highest BCUT2D eigenvalue weighted by molar-refractivity contribution is 7.99. The van der Waals surface area contributed by atoms with E-state index in [1.807, 2.05) is 16.7 Å². The van der Waals surface area contributed by atoms with Crippen LogP contribution in [-0.2, 0) is 4.79 Å². The smallest absolute Gasteiger partial charge is 0.234 e. The maximum Gasteiger partial charge on any atom is 0.234 e. The summed E-state index contributed by atoms with van der Waals surface area (Å²) in [5.74, 6) is 1.08. The van der Waals surface area contributed by atoms with Crippen molar-refractivity contribution in [3.05, 3.63) is 77.0 Å². The molecule has 0 atom stereocenters. The summed E-state index contributed by atoms with van der Waals surface area (Å²) >= 11 is 13.2. The molecule has 0 unspecified atom stereocenters. The van der Waals surface area contributed by atoms with E-state index in [0.717, 1.165) is 5.69 Å². The van der Waals surface area contributed by atoms with Crippen LogP contribution in [0.4, 0.5) is 5.69 Å². The summed E-state index contributed by atoms with van der Waals surface area (Å²) in [5.41, 5.74) is 1.45.